The topological polar surface area (TPSA) is 94.1 Å². The van der Waals surface area contributed by atoms with Gasteiger partial charge in [0.2, 0.25) is 0 Å². The van der Waals surface area contributed by atoms with Crippen molar-refractivity contribution in [1.82, 2.24) is 0 Å². The Balaban J connectivity index is 2.42. The predicted molar refractivity (Wildman–Crippen MR) is 60.8 cm³/mol. The molecule has 18 heavy (non-hydrogen) atoms. The van der Waals surface area contributed by atoms with Crippen LogP contribution in [-0.4, -0.2) is 31.0 Å². The summed E-state index contributed by atoms with van der Waals surface area (Å²) in [6.45, 7) is -0.353. The quantitative estimate of drug-likeness (QED) is 0.469. The third kappa shape index (κ3) is 4.81. The van der Waals surface area contributed by atoms with Gasteiger partial charge in [-0.3, -0.25) is 10.1 Å². The highest BCUT2D eigenvalue weighted by atomic mass is 17.1. The van der Waals surface area contributed by atoms with E-state index in [-0.39, 0.29) is 6.61 Å². The minimum Gasteiger partial charge on any atom is -0.438 e. The number of hydrogen-bond donors (Lipinski definition) is 2. The molecule has 0 unspecified atom stereocenters. The molecule has 0 saturated heterocycles. The molecule has 0 atom stereocenters. The van der Waals surface area contributed by atoms with Gasteiger partial charge in [0.05, 0.1) is 7.11 Å². The summed E-state index contributed by atoms with van der Waals surface area (Å²) < 4.78 is 8.68. The first kappa shape index (κ1) is 13.9. The van der Waals surface area contributed by atoms with Crippen LogP contribution in [-0.2, 0) is 25.8 Å². The molecule has 0 radical (unpaired) electrons. The summed E-state index contributed by atoms with van der Waals surface area (Å²) in [4.78, 5) is 25.9. The van der Waals surface area contributed by atoms with Crippen molar-refractivity contribution in [3.05, 3.63) is 29.8 Å². The lowest BCUT2D eigenvalue weighted by Crippen LogP contribution is -2.20. The Kier molecular flexibility index (Phi) is 5.62. The van der Waals surface area contributed by atoms with Crippen LogP contribution in [0.1, 0.15) is 5.56 Å². The molecule has 0 aliphatic carbocycles. The van der Waals surface area contributed by atoms with Gasteiger partial charge in [0.15, 0.2) is 6.61 Å². The summed E-state index contributed by atoms with van der Waals surface area (Å²) in [6.07, 6.45) is -0.916. The highest BCUT2D eigenvalue weighted by molar-refractivity contribution is 5.92. The van der Waals surface area contributed by atoms with Gasteiger partial charge in [-0.25, -0.2) is 9.68 Å². The summed E-state index contributed by atoms with van der Waals surface area (Å²) in [6, 6.07) is 6.61. The molecule has 98 valence electrons. The van der Waals surface area contributed by atoms with E-state index in [0.29, 0.717) is 5.69 Å². The van der Waals surface area contributed by atoms with E-state index in [1.807, 2.05) is 0 Å². The van der Waals surface area contributed by atoms with Gasteiger partial charge in [-0.2, -0.15) is 0 Å². The third-order valence-electron chi connectivity index (χ3n) is 1.96. The molecule has 2 N–H and O–H groups in total. The van der Waals surface area contributed by atoms with Crippen LogP contribution in [0.15, 0.2) is 24.3 Å². The average Bonchev–Trinajstić information content (AvgIpc) is 2.38. The lowest BCUT2D eigenvalue weighted by molar-refractivity contribution is -0.253. The number of hydrogen-bond acceptors (Lipinski definition) is 6. The minimum atomic E-state index is -0.916. The van der Waals surface area contributed by atoms with Crippen LogP contribution in [0.2, 0.25) is 0 Å². The summed E-state index contributed by atoms with van der Waals surface area (Å²) in [5.41, 5.74) is 1.29. The normalized spacial score (nSPS) is 9.67. The van der Waals surface area contributed by atoms with Gasteiger partial charge in [0.1, 0.15) is 6.61 Å². The van der Waals surface area contributed by atoms with E-state index in [1.54, 1.807) is 24.3 Å². The molecule has 7 heteroatoms. The van der Waals surface area contributed by atoms with Crippen LogP contribution in [0.4, 0.5) is 10.5 Å². The number of ether oxygens (including phenoxy) is 2. The van der Waals surface area contributed by atoms with E-state index >= 15 is 0 Å². The molecular weight excluding hydrogens is 242 g/mol. The van der Waals surface area contributed by atoms with Crippen molar-refractivity contribution >= 4 is 17.7 Å². The van der Waals surface area contributed by atoms with Crippen molar-refractivity contribution in [3.8, 4) is 0 Å². The number of rotatable bonds is 5. The third-order valence-corrected chi connectivity index (χ3v) is 1.96. The molecular formula is C11H13NO6. The molecule has 1 aromatic rings. The Morgan fingerprint density at radius 1 is 1.28 bits per heavy atom. The zero-order valence-electron chi connectivity index (χ0n) is 9.71. The zero-order chi connectivity index (χ0) is 13.4. The molecule has 7 nitrogen and oxygen atoms in total. The standard InChI is InChI=1S/C11H13NO6/c1-16-11(14)17-7-10(13)12-9-4-2-8(3-5-9)6-18-15/h2-5,15H,6-7H2,1H3,(H,12,13). The Labute approximate surface area is 103 Å². The van der Waals surface area contributed by atoms with Gasteiger partial charge < -0.3 is 14.8 Å². The lowest BCUT2D eigenvalue weighted by Gasteiger charge is -2.06. The smallest absolute Gasteiger partial charge is 0.438 e. The maximum atomic E-state index is 11.3. The number of benzene rings is 1. The molecule has 0 aromatic heterocycles. The molecule has 0 bridgehead atoms. The van der Waals surface area contributed by atoms with E-state index in [0.717, 1.165) is 12.7 Å². The number of nitrogens with one attached hydrogen (secondary N) is 1. The van der Waals surface area contributed by atoms with Crippen molar-refractivity contribution in [2.75, 3.05) is 19.0 Å². The fraction of sp³-hybridized carbons (Fsp3) is 0.273. The van der Waals surface area contributed by atoms with E-state index < -0.39 is 18.7 Å². The van der Waals surface area contributed by atoms with E-state index in [4.69, 9.17) is 5.26 Å². The molecule has 1 amide bonds. The van der Waals surface area contributed by atoms with E-state index in [9.17, 15) is 9.59 Å². The molecule has 0 aliphatic heterocycles. The minimum absolute atomic E-state index is 0.0691. The van der Waals surface area contributed by atoms with Crippen LogP contribution in [0.25, 0.3) is 0 Å². The van der Waals surface area contributed by atoms with Crippen molar-refractivity contribution in [1.29, 1.82) is 0 Å². The van der Waals surface area contributed by atoms with Gasteiger partial charge in [-0.1, -0.05) is 12.1 Å². The molecule has 0 saturated carbocycles. The predicted octanol–water partition coefficient (Wildman–Crippen LogP) is 1.40. The lowest BCUT2D eigenvalue weighted by atomic mass is 10.2. The summed E-state index contributed by atoms with van der Waals surface area (Å²) in [5.74, 6) is -0.480. The van der Waals surface area contributed by atoms with Crippen LogP contribution >= 0.6 is 0 Å². The number of amides is 1. The number of carbonyl (C=O) groups excluding carboxylic acids is 2. The van der Waals surface area contributed by atoms with E-state index in [2.05, 4.69) is 19.7 Å². The number of carbonyl (C=O) groups is 2. The number of methoxy groups -OCH3 is 1. The first-order valence-corrected chi connectivity index (χ1v) is 5.01. The Bertz CT molecular complexity index is 402. The Morgan fingerprint density at radius 2 is 1.94 bits per heavy atom. The Hall–Kier alpha value is -2.12. The van der Waals surface area contributed by atoms with E-state index in [1.165, 1.54) is 0 Å². The summed E-state index contributed by atoms with van der Waals surface area (Å²) in [7, 11) is 1.15. The van der Waals surface area contributed by atoms with Gasteiger partial charge in [0.25, 0.3) is 5.91 Å². The largest absolute Gasteiger partial charge is 0.508 e. The second-order valence-electron chi connectivity index (χ2n) is 3.26. The van der Waals surface area contributed by atoms with Gasteiger partial charge in [-0.15, -0.1) is 0 Å². The highest BCUT2D eigenvalue weighted by Crippen LogP contribution is 2.10. The van der Waals surface area contributed by atoms with Crippen LogP contribution in [0, 0.1) is 0 Å². The highest BCUT2D eigenvalue weighted by Gasteiger charge is 2.07. The van der Waals surface area contributed by atoms with Gasteiger partial charge in [0, 0.05) is 5.69 Å². The zero-order valence-corrected chi connectivity index (χ0v) is 9.71. The average molecular weight is 255 g/mol. The molecule has 1 rings (SSSR count). The van der Waals surface area contributed by atoms with Crippen molar-refractivity contribution < 1.29 is 29.2 Å². The van der Waals surface area contributed by atoms with Crippen molar-refractivity contribution in [3.63, 3.8) is 0 Å². The van der Waals surface area contributed by atoms with Gasteiger partial charge in [-0.05, 0) is 17.7 Å². The van der Waals surface area contributed by atoms with Crippen LogP contribution in [0.5, 0.6) is 0 Å². The van der Waals surface area contributed by atoms with Crippen molar-refractivity contribution in [2.24, 2.45) is 0 Å². The molecule has 0 heterocycles. The van der Waals surface area contributed by atoms with Crippen LogP contribution < -0.4 is 5.32 Å². The monoisotopic (exact) mass is 255 g/mol. The molecule has 1 aromatic carbocycles. The second kappa shape index (κ2) is 7.25. The number of anilines is 1. The Morgan fingerprint density at radius 3 is 2.50 bits per heavy atom. The SMILES string of the molecule is COC(=O)OCC(=O)Nc1ccc(COO)cc1. The first-order chi connectivity index (χ1) is 8.65. The maximum absolute atomic E-state index is 11.3. The maximum Gasteiger partial charge on any atom is 0.508 e. The summed E-state index contributed by atoms with van der Waals surface area (Å²) >= 11 is 0. The van der Waals surface area contributed by atoms with Crippen LogP contribution in [0.3, 0.4) is 0 Å². The second-order valence-corrected chi connectivity index (χ2v) is 3.26. The van der Waals surface area contributed by atoms with Crippen molar-refractivity contribution in [2.45, 2.75) is 6.61 Å². The molecule has 0 aliphatic rings. The fourth-order valence-corrected chi connectivity index (χ4v) is 1.14. The first-order valence-electron chi connectivity index (χ1n) is 5.01. The fourth-order valence-electron chi connectivity index (χ4n) is 1.14. The van der Waals surface area contributed by atoms with Gasteiger partial charge >= 0.3 is 6.16 Å². The molecule has 0 fully saturated rings. The summed E-state index contributed by atoms with van der Waals surface area (Å²) in [5, 5.41) is 10.8. The molecule has 0 spiro atoms.